The van der Waals surface area contributed by atoms with Gasteiger partial charge in [-0.05, 0) is 56.2 Å². The molecule has 1 aromatic carbocycles. The lowest BCUT2D eigenvalue weighted by atomic mass is 9.68. The molecule has 1 aromatic rings. The molecule has 0 radical (unpaired) electrons. The maximum Gasteiger partial charge on any atom is 0.407 e. The third-order valence-corrected chi connectivity index (χ3v) is 6.72. The van der Waals surface area contributed by atoms with Crippen LogP contribution in [0.4, 0.5) is 9.18 Å². The van der Waals surface area contributed by atoms with Crippen LogP contribution in [0.2, 0.25) is 5.02 Å². The third kappa shape index (κ3) is 4.15. The van der Waals surface area contributed by atoms with Gasteiger partial charge in [0.25, 0.3) is 0 Å². The number of hydrogen-bond acceptors (Lipinski definition) is 4. The number of carbonyl (C=O) groups is 2. The van der Waals surface area contributed by atoms with E-state index < -0.39 is 0 Å². The molecular weight excluding hydrogens is 399 g/mol. The minimum absolute atomic E-state index is 0.0203. The van der Waals surface area contributed by atoms with E-state index in [1.165, 1.54) is 12.1 Å². The van der Waals surface area contributed by atoms with Crippen molar-refractivity contribution in [1.29, 1.82) is 0 Å². The number of benzene rings is 1. The molecular formula is C21H26ClFN2O4. The maximum atomic E-state index is 13.3. The Kier molecular flexibility index (Phi) is 5.60. The molecule has 158 valence electrons. The first-order valence-electron chi connectivity index (χ1n) is 10.2. The van der Waals surface area contributed by atoms with Gasteiger partial charge < -0.3 is 19.7 Å². The van der Waals surface area contributed by atoms with Crippen LogP contribution in [-0.2, 0) is 9.53 Å². The SMILES string of the molecule is CCC(Oc1ccc(F)cc1Cl)C1CCN(C(=O)[C@H]2C[C@@]3(COC(=O)N3)C2)CC1. The normalized spacial score (nSPS) is 27.9. The molecule has 8 heteroatoms. The van der Waals surface area contributed by atoms with Crippen LogP contribution in [0.5, 0.6) is 5.75 Å². The molecule has 2 saturated heterocycles. The van der Waals surface area contributed by atoms with E-state index in [0.717, 1.165) is 19.3 Å². The molecule has 3 aliphatic rings. The van der Waals surface area contributed by atoms with E-state index in [4.69, 9.17) is 21.1 Å². The van der Waals surface area contributed by atoms with Crippen molar-refractivity contribution in [3.63, 3.8) is 0 Å². The summed E-state index contributed by atoms with van der Waals surface area (Å²) < 4.78 is 24.3. The number of piperidine rings is 1. The summed E-state index contributed by atoms with van der Waals surface area (Å²) in [6, 6.07) is 4.17. The Morgan fingerprint density at radius 3 is 2.72 bits per heavy atom. The first kappa shape index (κ1) is 20.3. The Morgan fingerprint density at radius 1 is 1.41 bits per heavy atom. The average Bonchev–Trinajstić information content (AvgIpc) is 3.08. The minimum Gasteiger partial charge on any atom is -0.489 e. The highest BCUT2D eigenvalue weighted by atomic mass is 35.5. The van der Waals surface area contributed by atoms with Gasteiger partial charge in [-0.1, -0.05) is 18.5 Å². The van der Waals surface area contributed by atoms with Gasteiger partial charge in [-0.25, -0.2) is 9.18 Å². The van der Waals surface area contributed by atoms with E-state index >= 15 is 0 Å². The first-order chi connectivity index (χ1) is 13.9. The number of alkyl carbamates (subject to hydrolysis) is 1. The van der Waals surface area contributed by atoms with Crippen molar-refractivity contribution in [3.05, 3.63) is 29.0 Å². The van der Waals surface area contributed by atoms with Crippen LogP contribution in [0.1, 0.15) is 39.0 Å². The molecule has 6 nitrogen and oxygen atoms in total. The molecule has 2 heterocycles. The lowest BCUT2D eigenvalue weighted by molar-refractivity contribution is -0.143. The Labute approximate surface area is 174 Å². The summed E-state index contributed by atoms with van der Waals surface area (Å²) in [5.41, 5.74) is -0.328. The highest BCUT2D eigenvalue weighted by Crippen LogP contribution is 2.42. The molecule has 3 fully saturated rings. The van der Waals surface area contributed by atoms with Gasteiger partial charge in [-0.15, -0.1) is 0 Å². The van der Waals surface area contributed by atoms with Gasteiger partial charge in [0.05, 0.1) is 10.6 Å². The van der Waals surface area contributed by atoms with Gasteiger partial charge in [-0.3, -0.25) is 4.79 Å². The molecule has 1 aliphatic carbocycles. The summed E-state index contributed by atoms with van der Waals surface area (Å²) in [5.74, 6) is 0.568. The molecule has 29 heavy (non-hydrogen) atoms. The molecule has 1 atom stereocenters. The van der Waals surface area contributed by atoms with Gasteiger partial charge in [0.2, 0.25) is 5.91 Å². The van der Waals surface area contributed by atoms with Crippen molar-refractivity contribution in [3.8, 4) is 5.75 Å². The van der Waals surface area contributed by atoms with Crippen LogP contribution >= 0.6 is 11.6 Å². The molecule has 0 bridgehead atoms. The van der Waals surface area contributed by atoms with Crippen LogP contribution < -0.4 is 10.1 Å². The van der Waals surface area contributed by atoms with Crippen molar-refractivity contribution in [2.45, 2.75) is 50.7 Å². The zero-order valence-corrected chi connectivity index (χ0v) is 17.2. The Hall–Kier alpha value is -2.02. The van der Waals surface area contributed by atoms with E-state index in [1.54, 1.807) is 6.07 Å². The monoisotopic (exact) mass is 424 g/mol. The number of amides is 2. The van der Waals surface area contributed by atoms with Crippen molar-refractivity contribution >= 4 is 23.6 Å². The van der Waals surface area contributed by atoms with E-state index in [2.05, 4.69) is 12.2 Å². The summed E-state index contributed by atoms with van der Waals surface area (Å²) in [4.78, 5) is 26.0. The van der Waals surface area contributed by atoms with Gasteiger partial charge >= 0.3 is 6.09 Å². The Balaban J connectivity index is 1.28. The molecule has 2 amide bonds. The van der Waals surface area contributed by atoms with Gasteiger partial charge in [0.1, 0.15) is 24.3 Å². The number of ether oxygens (including phenoxy) is 2. The third-order valence-electron chi connectivity index (χ3n) is 6.42. The minimum atomic E-state index is -0.386. The highest BCUT2D eigenvalue weighted by molar-refractivity contribution is 6.32. The van der Waals surface area contributed by atoms with Crippen molar-refractivity contribution in [2.75, 3.05) is 19.7 Å². The fourth-order valence-electron chi connectivity index (χ4n) is 4.77. The molecule has 1 saturated carbocycles. The maximum absolute atomic E-state index is 13.3. The summed E-state index contributed by atoms with van der Waals surface area (Å²) >= 11 is 6.10. The van der Waals surface area contributed by atoms with Gasteiger partial charge in [0.15, 0.2) is 0 Å². The average molecular weight is 425 g/mol. The molecule has 4 rings (SSSR count). The number of hydrogen-bond donors (Lipinski definition) is 1. The predicted octanol–water partition coefficient (Wildman–Crippen LogP) is 3.76. The molecule has 1 N–H and O–H groups in total. The summed E-state index contributed by atoms with van der Waals surface area (Å²) in [6.45, 7) is 3.82. The van der Waals surface area contributed by atoms with Crippen LogP contribution in [0.15, 0.2) is 18.2 Å². The number of rotatable bonds is 5. The second kappa shape index (κ2) is 8.01. The highest BCUT2D eigenvalue weighted by Gasteiger charge is 2.53. The number of nitrogens with zero attached hydrogens (tertiary/aromatic N) is 1. The zero-order valence-electron chi connectivity index (χ0n) is 16.5. The van der Waals surface area contributed by atoms with E-state index in [9.17, 15) is 14.0 Å². The summed E-state index contributed by atoms with van der Waals surface area (Å²) in [5, 5.41) is 3.11. The van der Waals surface area contributed by atoms with Crippen molar-refractivity contribution in [1.82, 2.24) is 10.2 Å². The quantitative estimate of drug-likeness (QED) is 0.781. The van der Waals surface area contributed by atoms with Crippen LogP contribution in [-0.4, -0.2) is 48.2 Å². The van der Waals surface area contributed by atoms with Crippen LogP contribution in [0.25, 0.3) is 0 Å². The number of cyclic esters (lactones) is 1. The smallest absolute Gasteiger partial charge is 0.407 e. The fraction of sp³-hybridized carbons (Fsp3) is 0.619. The van der Waals surface area contributed by atoms with Gasteiger partial charge in [-0.2, -0.15) is 0 Å². The summed E-state index contributed by atoms with van der Waals surface area (Å²) in [6.07, 6.45) is 3.44. The first-order valence-corrected chi connectivity index (χ1v) is 10.6. The standard InChI is InChI=1S/C21H26ClFN2O4/c1-2-17(29-18-4-3-15(23)9-16(18)22)13-5-7-25(8-6-13)19(26)14-10-21(11-14)12-28-20(27)24-21/h3-4,9,13-14,17H,2,5-8,10-12H2,1H3,(H,24,27)/t14-,17?,21-. The lowest BCUT2D eigenvalue weighted by Crippen LogP contribution is -2.59. The zero-order chi connectivity index (χ0) is 20.6. The molecule has 1 unspecified atom stereocenters. The molecule has 0 aromatic heterocycles. The largest absolute Gasteiger partial charge is 0.489 e. The predicted molar refractivity (Wildman–Crippen MR) is 105 cm³/mol. The number of nitrogens with one attached hydrogen (secondary N) is 1. The number of halogens is 2. The van der Waals surface area contributed by atoms with Gasteiger partial charge in [0, 0.05) is 19.0 Å². The second-order valence-electron chi connectivity index (χ2n) is 8.39. The van der Waals surface area contributed by atoms with Crippen molar-refractivity contribution in [2.24, 2.45) is 11.8 Å². The van der Waals surface area contributed by atoms with Crippen LogP contribution in [0, 0.1) is 17.7 Å². The fourth-order valence-corrected chi connectivity index (χ4v) is 4.98. The summed E-state index contributed by atoms with van der Waals surface area (Å²) in [7, 11) is 0. The topological polar surface area (TPSA) is 67.9 Å². The van der Waals surface area contributed by atoms with Crippen LogP contribution in [0.3, 0.4) is 0 Å². The second-order valence-corrected chi connectivity index (χ2v) is 8.80. The van der Waals surface area contributed by atoms with E-state index in [-0.39, 0.29) is 40.4 Å². The van der Waals surface area contributed by atoms with Crippen molar-refractivity contribution < 1.29 is 23.5 Å². The molecule has 2 aliphatic heterocycles. The lowest BCUT2D eigenvalue weighted by Gasteiger charge is -2.45. The van der Waals surface area contributed by atoms with E-state index in [1.807, 2.05) is 4.90 Å². The Morgan fingerprint density at radius 2 is 2.14 bits per heavy atom. The van der Waals surface area contributed by atoms with E-state index in [0.29, 0.717) is 44.2 Å². The Bertz CT molecular complexity index is 791. The molecule has 1 spiro atoms. The number of likely N-dealkylation sites (tertiary alicyclic amines) is 1. The number of carbonyl (C=O) groups excluding carboxylic acids is 2.